The van der Waals surface area contributed by atoms with E-state index in [-0.39, 0.29) is 18.0 Å². The summed E-state index contributed by atoms with van der Waals surface area (Å²) in [4.78, 5) is 26.5. The Balaban J connectivity index is 1.53. The Morgan fingerprint density at radius 1 is 1.08 bits per heavy atom. The molecule has 26 heavy (non-hydrogen) atoms. The van der Waals surface area contributed by atoms with Crippen molar-refractivity contribution in [1.82, 2.24) is 15.5 Å². The largest absolute Gasteiger partial charge is 0.338 e. The Morgan fingerprint density at radius 3 is 2.46 bits per heavy atom. The molecule has 0 spiro atoms. The van der Waals surface area contributed by atoms with Gasteiger partial charge in [-0.15, -0.1) is 0 Å². The molecule has 1 aliphatic heterocycles. The van der Waals surface area contributed by atoms with Gasteiger partial charge >= 0.3 is 6.03 Å². The van der Waals surface area contributed by atoms with E-state index in [9.17, 15) is 9.59 Å². The lowest BCUT2D eigenvalue weighted by Gasteiger charge is -2.41. The molecular formula is C21H31N3O2. The Hall–Kier alpha value is -2.04. The van der Waals surface area contributed by atoms with Crippen LogP contribution < -0.4 is 10.6 Å². The molecule has 1 saturated carbocycles. The van der Waals surface area contributed by atoms with Crippen LogP contribution in [0.1, 0.15) is 61.9 Å². The average Bonchev–Trinajstić information content (AvgIpc) is 2.65. The van der Waals surface area contributed by atoms with E-state index in [0.29, 0.717) is 12.5 Å². The number of hydrogen-bond donors (Lipinski definition) is 2. The van der Waals surface area contributed by atoms with E-state index in [4.69, 9.17) is 0 Å². The highest BCUT2D eigenvalue weighted by atomic mass is 16.2. The number of piperidine rings is 1. The van der Waals surface area contributed by atoms with Gasteiger partial charge in [0.15, 0.2) is 0 Å². The molecule has 1 aliphatic carbocycles. The fourth-order valence-corrected chi connectivity index (χ4v) is 4.23. The molecular weight excluding hydrogens is 326 g/mol. The lowest BCUT2D eigenvalue weighted by Crippen LogP contribution is -2.44. The first-order chi connectivity index (χ1) is 12.5. The quantitative estimate of drug-likeness (QED) is 0.866. The van der Waals surface area contributed by atoms with Crippen LogP contribution in [0, 0.1) is 11.8 Å². The number of nitrogens with one attached hydrogen (secondary N) is 2. The van der Waals surface area contributed by atoms with Gasteiger partial charge in [-0.3, -0.25) is 4.79 Å². The molecule has 5 heteroatoms. The van der Waals surface area contributed by atoms with Crippen LogP contribution in [-0.4, -0.2) is 36.0 Å². The minimum Gasteiger partial charge on any atom is -0.338 e. The van der Waals surface area contributed by atoms with Gasteiger partial charge in [-0.2, -0.15) is 0 Å². The van der Waals surface area contributed by atoms with E-state index in [1.54, 1.807) is 0 Å². The van der Waals surface area contributed by atoms with Crippen molar-refractivity contribution in [2.24, 2.45) is 11.8 Å². The van der Waals surface area contributed by atoms with Gasteiger partial charge < -0.3 is 15.5 Å². The molecule has 0 radical (unpaired) electrons. The normalized spacial score (nSPS) is 22.7. The second-order valence-electron chi connectivity index (χ2n) is 8.02. The molecule has 2 fully saturated rings. The van der Waals surface area contributed by atoms with E-state index >= 15 is 0 Å². The van der Waals surface area contributed by atoms with Crippen LogP contribution in [-0.2, 0) is 6.54 Å². The minimum atomic E-state index is -0.171. The van der Waals surface area contributed by atoms with Crippen LogP contribution in [0.2, 0.25) is 0 Å². The second kappa shape index (κ2) is 8.56. The van der Waals surface area contributed by atoms with Gasteiger partial charge in [-0.05, 0) is 56.2 Å². The summed E-state index contributed by atoms with van der Waals surface area (Å²) < 4.78 is 0. The highest BCUT2D eigenvalue weighted by molar-refractivity contribution is 5.94. The van der Waals surface area contributed by atoms with Crippen molar-refractivity contribution in [2.75, 3.05) is 13.1 Å². The molecule has 2 aliphatic rings. The van der Waals surface area contributed by atoms with E-state index in [0.717, 1.165) is 36.6 Å². The molecule has 142 valence electrons. The molecule has 2 N–H and O–H groups in total. The summed E-state index contributed by atoms with van der Waals surface area (Å²) in [5.41, 5.74) is 1.74. The average molecular weight is 357 g/mol. The molecule has 1 heterocycles. The molecule has 2 atom stereocenters. The number of hydrogen-bond acceptors (Lipinski definition) is 2. The third-order valence-electron chi connectivity index (χ3n) is 5.65. The Morgan fingerprint density at radius 2 is 1.77 bits per heavy atom. The van der Waals surface area contributed by atoms with Crippen LogP contribution in [0.3, 0.4) is 0 Å². The first-order valence-electron chi connectivity index (χ1n) is 9.95. The van der Waals surface area contributed by atoms with E-state index in [1.165, 1.54) is 25.7 Å². The Bertz CT molecular complexity index is 627. The SMILES string of the molecule is CC(C)NC(=O)NCc1ccc(C(=O)N2CC[C@@H]3CCCC[C@@H]3C2)cc1. The number of fused-ring (bicyclic) bond motifs is 1. The topological polar surface area (TPSA) is 61.4 Å². The third kappa shape index (κ3) is 4.77. The first kappa shape index (κ1) is 18.7. The number of urea groups is 1. The maximum absolute atomic E-state index is 12.8. The zero-order valence-electron chi connectivity index (χ0n) is 16.0. The minimum absolute atomic E-state index is 0.114. The molecule has 1 saturated heterocycles. The molecule has 0 bridgehead atoms. The zero-order chi connectivity index (χ0) is 18.5. The number of amides is 3. The number of nitrogens with zero attached hydrogens (tertiary/aromatic N) is 1. The van der Waals surface area contributed by atoms with Gasteiger partial charge in [0.2, 0.25) is 0 Å². The maximum Gasteiger partial charge on any atom is 0.315 e. The highest BCUT2D eigenvalue weighted by Gasteiger charge is 2.33. The Labute approximate surface area is 156 Å². The summed E-state index contributed by atoms with van der Waals surface area (Å²) in [6.07, 6.45) is 6.45. The second-order valence-corrected chi connectivity index (χ2v) is 8.02. The summed E-state index contributed by atoms with van der Waals surface area (Å²) in [5, 5.41) is 5.63. The number of rotatable bonds is 4. The number of benzene rings is 1. The van der Waals surface area contributed by atoms with Gasteiger partial charge in [0.1, 0.15) is 0 Å². The van der Waals surface area contributed by atoms with Gasteiger partial charge in [0.25, 0.3) is 5.91 Å². The molecule has 0 aromatic heterocycles. The van der Waals surface area contributed by atoms with Crippen molar-refractivity contribution in [3.05, 3.63) is 35.4 Å². The Kier molecular flexibility index (Phi) is 6.17. The van der Waals surface area contributed by atoms with E-state index < -0.39 is 0 Å². The van der Waals surface area contributed by atoms with Crippen molar-refractivity contribution in [2.45, 2.75) is 58.5 Å². The predicted octanol–water partition coefficient (Wildman–Crippen LogP) is 3.55. The van der Waals surface area contributed by atoms with Crippen LogP contribution in [0.5, 0.6) is 0 Å². The molecule has 1 aromatic carbocycles. The van der Waals surface area contributed by atoms with E-state index in [2.05, 4.69) is 10.6 Å². The lowest BCUT2D eigenvalue weighted by atomic mass is 9.75. The molecule has 3 rings (SSSR count). The fourth-order valence-electron chi connectivity index (χ4n) is 4.23. The predicted molar refractivity (Wildman–Crippen MR) is 103 cm³/mol. The number of likely N-dealkylation sites (tertiary alicyclic amines) is 1. The van der Waals surface area contributed by atoms with Crippen LogP contribution >= 0.6 is 0 Å². The van der Waals surface area contributed by atoms with Crippen molar-refractivity contribution in [3.63, 3.8) is 0 Å². The molecule has 3 amide bonds. The van der Waals surface area contributed by atoms with Gasteiger partial charge in [-0.25, -0.2) is 4.79 Å². The third-order valence-corrected chi connectivity index (χ3v) is 5.65. The van der Waals surface area contributed by atoms with Gasteiger partial charge in [-0.1, -0.05) is 31.4 Å². The summed E-state index contributed by atoms with van der Waals surface area (Å²) in [6.45, 7) is 6.12. The van der Waals surface area contributed by atoms with Crippen LogP contribution in [0.15, 0.2) is 24.3 Å². The molecule has 1 aromatic rings. The maximum atomic E-state index is 12.8. The molecule has 0 unspecified atom stereocenters. The standard InChI is InChI=1S/C21H31N3O2/c1-15(2)23-21(26)22-13-16-7-9-18(10-8-16)20(25)24-12-11-17-5-3-4-6-19(17)14-24/h7-10,15,17,19H,3-6,11-14H2,1-2H3,(H2,22,23,26)/t17-,19+/m0/s1. The number of carbonyl (C=O) groups excluding carboxylic acids is 2. The summed E-state index contributed by atoms with van der Waals surface area (Å²) in [7, 11) is 0. The number of carbonyl (C=O) groups is 2. The van der Waals surface area contributed by atoms with Crippen molar-refractivity contribution >= 4 is 11.9 Å². The highest BCUT2D eigenvalue weighted by Crippen LogP contribution is 2.36. The first-order valence-corrected chi connectivity index (χ1v) is 9.95. The monoisotopic (exact) mass is 357 g/mol. The fraction of sp³-hybridized carbons (Fsp3) is 0.619. The van der Waals surface area contributed by atoms with Gasteiger partial charge in [0, 0.05) is 31.2 Å². The summed E-state index contributed by atoms with van der Waals surface area (Å²) in [5.74, 6) is 1.67. The van der Waals surface area contributed by atoms with Crippen molar-refractivity contribution in [1.29, 1.82) is 0 Å². The van der Waals surface area contributed by atoms with E-state index in [1.807, 2.05) is 43.0 Å². The van der Waals surface area contributed by atoms with Crippen LogP contribution in [0.4, 0.5) is 4.79 Å². The van der Waals surface area contributed by atoms with Crippen LogP contribution in [0.25, 0.3) is 0 Å². The molecule has 5 nitrogen and oxygen atoms in total. The smallest absolute Gasteiger partial charge is 0.315 e. The van der Waals surface area contributed by atoms with Crippen molar-refractivity contribution in [3.8, 4) is 0 Å². The summed E-state index contributed by atoms with van der Waals surface area (Å²) >= 11 is 0. The summed E-state index contributed by atoms with van der Waals surface area (Å²) in [6, 6.07) is 7.56. The van der Waals surface area contributed by atoms with Gasteiger partial charge in [0.05, 0.1) is 0 Å². The lowest BCUT2D eigenvalue weighted by molar-refractivity contribution is 0.0521. The zero-order valence-corrected chi connectivity index (χ0v) is 16.0. The van der Waals surface area contributed by atoms with Crippen molar-refractivity contribution < 1.29 is 9.59 Å².